The van der Waals surface area contributed by atoms with Gasteiger partial charge >= 0.3 is 0 Å². The molecule has 0 aliphatic heterocycles. The molecule has 0 aliphatic carbocycles. The van der Waals surface area contributed by atoms with Gasteiger partial charge in [0.05, 0.1) is 0 Å². The van der Waals surface area contributed by atoms with Crippen molar-refractivity contribution in [3.63, 3.8) is 0 Å². The van der Waals surface area contributed by atoms with Crippen molar-refractivity contribution in [2.24, 2.45) is 10.4 Å². The van der Waals surface area contributed by atoms with E-state index in [9.17, 15) is 0 Å². The number of rotatable bonds is 6. The topological polar surface area (TPSA) is 12.4 Å². The van der Waals surface area contributed by atoms with E-state index in [-0.39, 0.29) is 5.41 Å². The average molecular weight is 309 g/mol. The minimum Gasteiger partial charge on any atom is -0.296 e. The number of hydrogen-bond donors (Lipinski definition) is 0. The Morgan fingerprint density at radius 2 is 1.65 bits per heavy atom. The van der Waals surface area contributed by atoms with Crippen molar-refractivity contribution in [3.8, 4) is 0 Å². The molecule has 124 valence electrons. The predicted octanol–water partition coefficient (Wildman–Crippen LogP) is 6.58. The highest BCUT2D eigenvalue weighted by molar-refractivity contribution is 5.79. The van der Waals surface area contributed by atoms with Gasteiger partial charge in [0.15, 0.2) is 0 Å². The molecule has 1 heteroatoms. The van der Waals surface area contributed by atoms with Gasteiger partial charge in [-0.15, -0.1) is 0 Å². The summed E-state index contributed by atoms with van der Waals surface area (Å²) in [6.07, 6.45) is 8.31. The molecular weight excluding hydrogens is 278 g/mol. The van der Waals surface area contributed by atoms with Crippen LogP contribution in [0, 0.1) is 5.41 Å². The molecule has 0 fully saturated rings. The molecule has 0 heterocycles. The lowest BCUT2D eigenvalue weighted by Gasteiger charge is -2.15. The molecule has 0 N–H and O–H groups in total. The standard InChI is InChI=1S/C22H31N/c1-8-19(16-23-7)10-9-17(2)20-11-13-21(14-12-20)18(3)15-22(4,5)6/h8,11-16H,2,9-10H2,1,3-7H3/b18-15+,19-8-,23-16?. The third kappa shape index (κ3) is 6.81. The van der Waals surface area contributed by atoms with Gasteiger partial charge in [0.1, 0.15) is 0 Å². The molecule has 0 amide bonds. The zero-order chi connectivity index (χ0) is 17.5. The SMILES string of the molecule is C=C(CC/C(C=NC)=C/C)c1ccc(/C(C)=C/C(C)(C)C)cc1. The monoisotopic (exact) mass is 309 g/mol. The van der Waals surface area contributed by atoms with Gasteiger partial charge in [-0.2, -0.15) is 0 Å². The fraction of sp³-hybridized carbons (Fsp3) is 0.409. The summed E-state index contributed by atoms with van der Waals surface area (Å²) in [6, 6.07) is 8.76. The molecule has 0 atom stereocenters. The summed E-state index contributed by atoms with van der Waals surface area (Å²) in [7, 11) is 1.81. The Balaban J connectivity index is 2.77. The van der Waals surface area contributed by atoms with Crippen molar-refractivity contribution >= 4 is 17.4 Å². The lowest BCUT2D eigenvalue weighted by molar-refractivity contribution is 0.545. The van der Waals surface area contributed by atoms with Gasteiger partial charge < -0.3 is 0 Å². The molecule has 1 aromatic rings. The number of hydrogen-bond acceptors (Lipinski definition) is 1. The van der Waals surface area contributed by atoms with Crippen LogP contribution in [0.1, 0.15) is 58.6 Å². The van der Waals surface area contributed by atoms with Crippen LogP contribution in [0.4, 0.5) is 0 Å². The average Bonchev–Trinajstić information content (AvgIpc) is 2.49. The van der Waals surface area contributed by atoms with E-state index in [1.165, 1.54) is 27.8 Å². The van der Waals surface area contributed by atoms with Crippen LogP contribution in [0.15, 0.2) is 53.6 Å². The highest BCUT2D eigenvalue weighted by atomic mass is 14.6. The van der Waals surface area contributed by atoms with Crippen LogP contribution in [-0.4, -0.2) is 13.3 Å². The van der Waals surface area contributed by atoms with Gasteiger partial charge in [0, 0.05) is 13.3 Å². The first-order valence-electron chi connectivity index (χ1n) is 8.32. The smallest absolute Gasteiger partial charge is 0.0277 e. The summed E-state index contributed by atoms with van der Waals surface area (Å²) in [4.78, 5) is 4.09. The Hall–Kier alpha value is -1.89. The Labute approximate surface area is 142 Å². The van der Waals surface area contributed by atoms with Crippen LogP contribution in [-0.2, 0) is 0 Å². The van der Waals surface area contributed by atoms with E-state index < -0.39 is 0 Å². The molecule has 1 nitrogen and oxygen atoms in total. The van der Waals surface area contributed by atoms with E-state index in [1.54, 1.807) is 0 Å². The Morgan fingerprint density at radius 3 is 2.13 bits per heavy atom. The Morgan fingerprint density at radius 1 is 1.09 bits per heavy atom. The van der Waals surface area contributed by atoms with Crippen molar-refractivity contribution in [2.45, 2.75) is 47.5 Å². The van der Waals surface area contributed by atoms with Gasteiger partial charge in [-0.1, -0.05) is 63.8 Å². The zero-order valence-electron chi connectivity index (χ0n) is 15.6. The van der Waals surface area contributed by atoms with E-state index in [4.69, 9.17) is 0 Å². The molecule has 0 saturated heterocycles. The van der Waals surface area contributed by atoms with Crippen LogP contribution in [0.25, 0.3) is 11.1 Å². The molecule has 0 aliphatic rings. The van der Waals surface area contributed by atoms with Crippen LogP contribution in [0.2, 0.25) is 0 Å². The second-order valence-electron chi connectivity index (χ2n) is 7.13. The maximum atomic E-state index is 4.24. The number of nitrogens with zero attached hydrogens (tertiary/aromatic N) is 1. The van der Waals surface area contributed by atoms with Crippen LogP contribution in [0.5, 0.6) is 0 Å². The fourth-order valence-corrected chi connectivity index (χ4v) is 2.59. The summed E-state index contributed by atoms with van der Waals surface area (Å²) >= 11 is 0. The first-order chi connectivity index (χ1) is 10.8. The summed E-state index contributed by atoms with van der Waals surface area (Å²) in [5.74, 6) is 0. The molecule has 0 bridgehead atoms. The van der Waals surface area contributed by atoms with Crippen molar-refractivity contribution in [1.82, 2.24) is 0 Å². The van der Waals surface area contributed by atoms with Crippen molar-refractivity contribution in [2.75, 3.05) is 7.05 Å². The van der Waals surface area contributed by atoms with Gasteiger partial charge in [-0.25, -0.2) is 0 Å². The fourth-order valence-electron chi connectivity index (χ4n) is 2.59. The molecule has 0 spiro atoms. The Bertz CT molecular complexity index is 604. The van der Waals surface area contributed by atoms with Crippen molar-refractivity contribution < 1.29 is 0 Å². The first kappa shape index (κ1) is 19.2. The largest absolute Gasteiger partial charge is 0.296 e. The van der Waals surface area contributed by atoms with Gasteiger partial charge in [-0.05, 0) is 60.0 Å². The highest BCUT2D eigenvalue weighted by Gasteiger charge is 2.08. The number of allylic oxidation sites excluding steroid dienone is 5. The molecule has 23 heavy (non-hydrogen) atoms. The molecule has 0 unspecified atom stereocenters. The second-order valence-corrected chi connectivity index (χ2v) is 7.13. The van der Waals surface area contributed by atoms with Crippen LogP contribution < -0.4 is 0 Å². The van der Waals surface area contributed by atoms with E-state index in [0.29, 0.717) is 0 Å². The molecule has 1 rings (SSSR count). The second kappa shape index (κ2) is 8.67. The molecule has 0 radical (unpaired) electrons. The van der Waals surface area contributed by atoms with Gasteiger partial charge in [-0.3, -0.25) is 4.99 Å². The van der Waals surface area contributed by atoms with Crippen molar-refractivity contribution in [3.05, 3.63) is 59.7 Å². The first-order valence-corrected chi connectivity index (χ1v) is 8.32. The number of benzene rings is 1. The van der Waals surface area contributed by atoms with Gasteiger partial charge in [0.2, 0.25) is 0 Å². The summed E-state index contributed by atoms with van der Waals surface area (Å²) < 4.78 is 0. The molecule has 0 aromatic heterocycles. The lowest BCUT2D eigenvalue weighted by atomic mass is 9.91. The summed E-state index contributed by atoms with van der Waals surface area (Å²) in [6.45, 7) is 15.2. The summed E-state index contributed by atoms with van der Waals surface area (Å²) in [5, 5.41) is 0. The van der Waals surface area contributed by atoms with Gasteiger partial charge in [0.25, 0.3) is 0 Å². The zero-order valence-corrected chi connectivity index (χ0v) is 15.6. The maximum Gasteiger partial charge on any atom is 0.0277 e. The third-order valence-electron chi connectivity index (χ3n) is 3.78. The van der Waals surface area contributed by atoms with E-state index in [1.807, 2.05) is 13.3 Å². The summed E-state index contributed by atoms with van der Waals surface area (Å²) in [5.41, 5.74) is 6.47. The van der Waals surface area contributed by atoms with Crippen LogP contribution in [0.3, 0.4) is 0 Å². The molecule has 1 aromatic carbocycles. The van der Waals surface area contributed by atoms with E-state index in [2.05, 4.69) is 82.6 Å². The molecule has 0 saturated carbocycles. The molecular formula is C22H31N. The van der Waals surface area contributed by atoms with Crippen LogP contribution >= 0.6 is 0 Å². The lowest BCUT2D eigenvalue weighted by Crippen LogP contribution is -2.00. The maximum absolute atomic E-state index is 4.24. The van der Waals surface area contributed by atoms with E-state index in [0.717, 1.165) is 12.8 Å². The quantitative estimate of drug-likeness (QED) is 0.526. The third-order valence-corrected chi connectivity index (χ3v) is 3.78. The minimum atomic E-state index is 0.204. The van der Waals surface area contributed by atoms with E-state index >= 15 is 0 Å². The minimum absolute atomic E-state index is 0.204. The normalized spacial score (nSPS) is 13.7. The number of aliphatic imine (C=N–C) groups is 1. The highest BCUT2D eigenvalue weighted by Crippen LogP contribution is 2.26. The Kier molecular flexibility index (Phi) is 7.22. The van der Waals surface area contributed by atoms with Crippen molar-refractivity contribution in [1.29, 1.82) is 0 Å². The predicted molar refractivity (Wildman–Crippen MR) is 106 cm³/mol.